The average molecular weight is 336 g/mol. The van der Waals surface area contributed by atoms with Crippen LogP contribution in [0.1, 0.15) is 17.0 Å². The van der Waals surface area contributed by atoms with E-state index in [1.807, 2.05) is 0 Å². The van der Waals surface area contributed by atoms with Gasteiger partial charge in [-0.25, -0.2) is 9.97 Å². The monoisotopic (exact) mass is 335 g/mol. The summed E-state index contributed by atoms with van der Waals surface area (Å²) in [5.74, 6) is 0.745. The molecule has 0 unspecified atom stereocenters. The highest BCUT2D eigenvalue weighted by Crippen LogP contribution is 2.34. The standard InChI is InChI=1S/C13H10Cl2F3N3/c1-6-11(15)19-7(2)20-12(6)21-10-4-8(13(16,17)18)3-9(14)5-10/h3-5H,1-2H3,(H,19,20,21). The Labute approximate surface area is 129 Å². The van der Waals surface area contributed by atoms with Gasteiger partial charge in [-0.15, -0.1) is 0 Å². The van der Waals surface area contributed by atoms with Crippen molar-refractivity contribution in [2.75, 3.05) is 5.32 Å². The largest absolute Gasteiger partial charge is 0.416 e. The van der Waals surface area contributed by atoms with Gasteiger partial charge in [-0.05, 0) is 32.0 Å². The summed E-state index contributed by atoms with van der Waals surface area (Å²) < 4.78 is 38.3. The number of alkyl halides is 3. The second-order valence-electron chi connectivity index (χ2n) is 4.39. The van der Waals surface area contributed by atoms with E-state index in [0.29, 0.717) is 17.2 Å². The molecule has 0 aliphatic rings. The first-order valence-electron chi connectivity index (χ1n) is 5.82. The van der Waals surface area contributed by atoms with E-state index in [4.69, 9.17) is 23.2 Å². The van der Waals surface area contributed by atoms with Crippen molar-refractivity contribution in [3.63, 3.8) is 0 Å². The molecule has 3 nitrogen and oxygen atoms in total. The van der Waals surface area contributed by atoms with Crippen molar-refractivity contribution in [2.24, 2.45) is 0 Å². The van der Waals surface area contributed by atoms with Crippen LogP contribution in [0, 0.1) is 13.8 Å². The minimum Gasteiger partial charge on any atom is -0.340 e. The van der Waals surface area contributed by atoms with Crippen LogP contribution in [0.3, 0.4) is 0 Å². The molecule has 0 saturated carbocycles. The molecule has 2 rings (SSSR count). The summed E-state index contributed by atoms with van der Waals surface area (Å²) in [6.07, 6.45) is -4.48. The van der Waals surface area contributed by atoms with Gasteiger partial charge < -0.3 is 5.32 Å². The first-order valence-corrected chi connectivity index (χ1v) is 6.58. The zero-order valence-corrected chi connectivity index (χ0v) is 12.5. The molecule has 1 aromatic carbocycles. The minimum atomic E-state index is -4.48. The van der Waals surface area contributed by atoms with Gasteiger partial charge in [0.25, 0.3) is 0 Å². The van der Waals surface area contributed by atoms with E-state index in [-0.39, 0.29) is 15.9 Å². The maximum absolute atomic E-state index is 12.8. The molecule has 0 aliphatic carbocycles. The number of hydrogen-bond donors (Lipinski definition) is 1. The molecule has 0 aliphatic heterocycles. The fourth-order valence-electron chi connectivity index (χ4n) is 1.68. The normalized spacial score (nSPS) is 11.6. The zero-order valence-electron chi connectivity index (χ0n) is 11.0. The van der Waals surface area contributed by atoms with Gasteiger partial charge in [-0.2, -0.15) is 13.2 Å². The molecule has 0 bridgehead atoms. The molecule has 0 fully saturated rings. The molecule has 112 valence electrons. The SMILES string of the molecule is Cc1nc(Cl)c(C)c(Nc2cc(Cl)cc(C(F)(F)F)c2)n1. The van der Waals surface area contributed by atoms with Crippen LogP contribution in [0.15, 0.2) is 18.2 Å². The van der Waals surface area contributed by atoms with E-state index < -0.39 is 11.7 Å². The lowest BCUT2D eigenvalue weighted by Gasteiger charge is -2.13. The lowest BCUT2D eigenvalue weighted by molar-refractivity contribution is -0.137. The van der Waals surface area contributed by atoms with E-state index >= 15 is 0 Å². The lowest BCUT2D eigenvalue weighted by Crippen LogP contribution is -2.06. The summed E-state index contributed by atoms with van der Waals surface area (Å²) in [6.45, 7) is 3.30. The maximum atomic E-state index is 12.8. The fourth-order valence-corrected chi connectivity index (χ4v) is 2.13. The number of aryl methyl sites for hydroxylation is 1. The van der Waals surface area contributed by atoms with Crippen LogP contribution in [-0.4, -0.2) is 9.97 Å². The van der Waals surface area contributed by atoms with Gasteiger partial charge in [-0.3, -0.25) is 0 Å². The van der Waals surface area contributed by atoms with Crippen molar-refractivity contribution >= 4 is 34.7 Å². The van der Waals surface area contributed by atoms with Gasteiger partial charge >= 0.3 is 6.18 Å². The lowest BCUT2D eigenvalue weighted by atomic mass is 10.2. The van der Waals surface area contributed by atoms with Gasteiger partial charge in [-0.1, -0.05) is 23.2 Å². The molecule has 8 heteroatoms. The van der Waals surface area contributed by atoms with Crippen LogP contribution in [0.5, 0.6) is 0 Å². The molecule has 21 heavy (non-hydrogen) atoms. The number of hydrogen-bond acceptors (Lipinski definition) is 3. The van der Waals surface area contributed by atoms with Crippen LogP contribution in [0.25, 0.3) is 0 Å². The Hall–Kier alpha value is -1.53. The molecular weight excluding hydrogens is 326 g/mol. The minimum absolute atomic E-state index is 0.0261. The van der Waals surface area contributed by atoms with Gasteiger partial charge in [0.05, 0.1) is 5.56 Å². The molecular formula is C13H10Cl2F3N3. The van der Waals surface area contributed by atoms with E-state index in [2.05, 4.69) is 15.3 Å². The summed E-state index contributed by atoms with van der Waals surface area (Å²) in [6, 6.07) is 3.19. The first-order chi connectivity index (χ1) is 9.66. The maximum Gasteiger partial charge on any atom is 0.416 e. The van der Waals surface area contributed by atoms with Crippen molar-refractivity contribution in [1.29, 1.82) is 0 Å². The molecule has 1 aromatic heterocycles. The van der Waals surface area contributed by atoms with E-state index in [9.17, 15) is 13.2 Å². The second-order valence-corrected chi connectivity index (χ2v) is 5.18. The third-order valence-corrected chi connectivity index (χ3v) is 3.27. The fraction of sp³-hybridized carbons (Fsp3) is 0.231. The Morgan fingerprint density at radius 2 is 1.71 bits per heavy atom. The molecule has 1 N–H and O–H groups in total. The Morgan fingerprint density at radius 3 is 2.33 bits per heavy atom. The van der Waals surface area contributed by atoms with Crippen LogP contribution in [0.4, 0.5) is 24.7 Å². The molecule has 0 saturated heterocycles. The van der Waals surface area contributed by atoms with Crippen LogP contribution >= 0.6 is 23.2 Å². The number of anilines is 2. The van der Waals surface area contributed by atoms with Crippen molar-refractivity contribution in [1.82, 2.24) is 9.97 Å². The van der Waals surface area contributed by atoms with E-state index in [1.165, 1.54) is 6.07 Å². The second kappa shape index (κ2) is 5.69. The molecule has 1 heterocycles. The Kier molecular flexibility index (Phi) is 4.30. The predicted octanol–water partition coefficient (Wildman–Crippen LogP) is 5.16. The molecule has 0 amide bonds. The summed E-state index contributed by atoms with van der Waals surface area (Å²) in [5.41, 5.74) is -0.130. The quantitative estimate of drug-likeness (QED) is 0.770. The highest BCUT2D eigenvalue weighted by atomic mass is 35.5. The Bertz CT molecular complexity index is 687. The highest BCUT2D eigenvalue weighted by molar-refractivity contribution is 6.31. The molecule has 0 radical (unpaired) electrons. The zero-order chi connectivity index (χ0) is 15.8. The van der Waals surface area contributed by atoms with Crippen molar-refractivity contribution in [3.8, 4) is 0 Å². The number of halogens is 5. The van der Waals surface area contributed by atoms with Crippen molar-refractivity contribution < 1.29 is 13.2 Å². The van der Waals surface area contributed by atoms with Crippen molar-refractivity contribution in [3.05, 3.63) is 45.3 Å². The predicted molar refractivity (Wildman–Crippen MR) is 76.3 cm³/mol. The third-order valence-electron chi connectivity index (χ3n) is 2.69. The van der Waals surface area contributed by atoms with Crippen LogP contribution in [0.2, 0.25) is 10.2 Å². The molecule has 0 spiro atoms. The number of nitrogens with zero attached hydrogens (tertiary/aromatic N) is 2. The van der Waals surface area contributed by atoms with Gasteiger partial charge in [0.2, 0.25) is 0 Å². The van der Waals surface area contributed by atoms with Crippen molar-refractivity contribution in [2.45, 2.75) is 20.0 Å². The van der Waals surface area contributed by atoms with Gasteiger partial charge in [0, 0.05) is 16.3 Å². The van der Waals surface area contributed by atoms with Gasteiger partial charge in [0.15, 0.2) is 0 Å². The van der Waals surface area contributed by atoms with Gasteiger partial charge in [0.1, 0.15) is 16.8 Å². The summed E-state index contributed by atoms with van der Waals surface area (Å²) >= 11 is 11.6. The van der Waals surface area contributed by atoms with Crippen LogP contribution in [-0.2, 0) is 6.18 Å². The van der Waals surface area contributed by atoms with Crippen LogP contribution < -0.4 is 5.32 Å². The smallest absolute Gasteiger partial charge is 0.340 e. The topological polar surface area (TPSA) is 37.8 Å². The summed E-state index contributed by atoms with van der Waals surface area (Å²) in [7, 11) is 0. The summed E-state index contributed by atoms with van der Waals surface area (Å²) in [4.78, 5) is 8.08. The number of aromatic nitrogens is 2. The Balaban J connectivity index is 2.43. The first kappa shape index (κ1) is 15.9. The Morgan fingerprint density at radius 1 is 1.05 bits per heavy atom. The molecule has 2 aromatic rings. The molecule has 0 atom stereocenters. The highest BCUT2D eigenvalue weighted by Gasteiger charge is 2.31. The average Bonchev–Trinajstić information content (AvgIpc) is 2.33. The van der Waals surface area contributed by atoms with E-state index in [1.54, 1.807) is 13.8 Å². The third kappa shape index (κ3) is 3.77. The number of nitrogens with one attached hydrogen (secondary N) is 1. The van der Waals surface area contributed by atoms with E-state index in [0.717, 1.165) is 12.1 Å². The number of benzene rings is 1. The summed E-state index contributed by atoms with van der Waals surface area (Å²) in [5, 5.41) is 3.00. The number of rotatable bonds is 2.